The van der Waals surface area contributed by atoms with Crippen molar-refractivity contribution in [1.29, 1.82) is 0 Å². The van der Waals surface area contributed by atoms with Crippen molar-refractivity contribution < 1.29 is 13.6 Å². The van der Waals surface area contributed by atoms with Crippen molar-refractivity contribution in [2.24, 2.45) is 7.05 Å². The Balaban J connectivity index is 1.37. The molecule has 1 fully saturated rings. The summed E-state index contributed by atoms with van der Waals surface area (Å²) in [6.07, 6.45) is 10.1. The molecule has 160 valence electrons. The molecule has 1 amide bonds. The van der Waals surface area contributed by atoms with Gasteiger partial charge in [0.05, 0.1) is 12.7 Å². The van der Waals surface area contributed by atoms with E-state index >= 15 is 0 Å². The molecule has 4 rings (SSSR count). The molecule has 1 saturated heterocycles. The van der Waals surface area contributed by atoms with Gasteiger partial charge in [-0.15, -0.1) is 0 Å². The molecule has 6 nitrogen and oxygen atoms in total. The number of aryl methyl sites for hydroxylation is 1. The van der Waals surface area contributed by atoms with Crippen molar-refractivity contribution in [2.45, 2.75) is 18.9 Å². The van der Waals surface area contributed by atoms with E-state index in [0.717, 1.165) is 22.3 Å². The fraction of sp³-hybridized carbons (Fsp3) is 0.261. The second kappa shape index (κ2) is 8.77. The van der Waals surface area contributed by atoms with E-state index in [0.29, 0.717) is 18.8 Å². The summed E-state index contributed by atoms with van der Waals surface area (Å²) < 4.78 is 28.4. The third kappa shape index (κ3) is 5.40. The van der Waals surface area contributed by atoms with Gasteiger partial charge < -0.3 is 5.32 Å². The van der Waals surface area contributed by atoms with Crippen LogP contribution in [0.5, 0.6) is 0 Å². The fourth-order valence-electron chi connectivity index (χ4n) is 3.61. The molecule has 0 spiro atoms. The van der Waals surface area contributed by atoms with Crippen molar-refractivity contribution in [3.8, 4) is 11.1 Å². The number of nitrogens with zero attached hydrogens (tertiary/aromatic N) is 4. The second-order valence-corrected chi connectivity index (χ2v) is 7.70. The summed E-state index contributed by atoms with van der Waals surface area (Å²) in [7, 11) is 1.85. The van der Waals surface area contributed by atoms with Crippen molar-refractivity contribution in [1.82, 2.24) is 19.7 Å². The lowest BCUT2D eigenvalue weighted by molar-refractivity contribution is -0.111. The first kappa shape index (κ1) is 20.9. The lowest BCUT2D eigenvalue weighted by Crippen LogP contribution is -2.24. The minimum absolute atomic E-state index is 0.0904. The van der Waals surface area contributed by atoms with E-state index in [1.165, 1.54) is 6.08 Å². The van der Waals surface area contributed by atoms with Gasteiger partial charge >= 0.3 is 0 Å². The number of carbonyl (C=O) groups excluding carboxylic acids is 1. The number of carbonyl (C=O) groups is 1. The number of aromatic nitrogens is 3. The van der Waals surface area contributed by atoms with Gasteiger partial charge in [-0.1, -0.05) is 12.1 Å². The molecule has 3 heterocycles. The van der Waals surface area contributed by atoms with Crippen LogP contribution in [0.2, 0.25) is 0 Å². The molecule has 2 aromatic heterocycles. The SMILES string of the molecule is Cn1cc(-c2ccncc2C=CC(=O)Nc2ccc(CN3CCC(F)(F)C3)cc2)cn1. The number of hydrogen-bond acceptors (Lipinski definition) is 4. The highest BCUT2D eigenvalue weighted by Crippen LogP contribution is 2.28. The molecule has 1 aliphatic rings. The second-order valence-electron chi connectivity index (χ2n) is 7.70. The molecule has 0 radical (unpaired) electrons. The monoisotopic (exact) mass is 423 g/mol. The molecule has 3 aromatic rings. The molecule has 1 aliphatic heterocycles. The number of pyridine rings is 1. The Morgan fingerprint density at radius 2 is 2.03 bits per heavy atom. The standard InChI is InChI=1S/C23H23F2N5O/c1-29-15-19(13-27-29)21-8-10-26-12-18(21)4-7-22(31)28-20-5-2-17(3-6-20)14-30-11-9-23(24,25)16-30/h2-8,10,12-13,15H,9,11,14,16H2,1H3,(H,28,31). The predicted octanol–water partition coefficient (Wildman–Crippen LogP) is 3.98. The molecule has 31 heavy (non-hydrogen) atoms. The Labute approximate surface area is 179 Å². The third-order valence-electron chi connectivity index (χ3n) is 5.16. The largest absolute Gasteiger partial charge is 0.323 e. The van der Waals surface area contributed by atoms with Crippen LogP contribution in [-0.4, -0.2) is 44.6 Å². The van der Waals surface area contributed by atoms with Crippen LogP contribution >= 0.6 is 0 Å². The van der Waals surface area contributed by atoms with Gasteiger partial charge in [-0.05, 0) is 35.4 Å². The maximum Gasteiger partial charge on any atom is 0.261 e. The Bertz CT molecular complexity index is 1090. The summed E-state index contributed by atoms with van der Waals surface area (Å²) in [6.45, 7) is 0.666. The van der Waals surface area contributed by atoms with Gasteiger partial charge in [0.15, 0.2) is 0 Å². The number of rotatable bonds is 6. The molecular weight excluding hydrogens is 400 g/mol. The molecule has 1 N–H and O–H groups in total. The highest BCUT2D eigenvalue weighted by molar-refractivity contribution is 6.02. The van der Waals surface area contributed by atoms with Crippen molar-refractivity contribution in [3.05, 3.63) is 72.3 Å². The van der Waals surface area contributed by atoms with E-state index in [4.69, 9.17) is 0 Å². The zero-order chi connectivity index (χ0) is 21.8. The van der Waals surface area contributed by atoms with Gasteiger partial charge in [-0.3, -0.25) is 19.4 Å². The Morgan fingerprint density at radius 3 is 2.71 bits per heavy atom. The number of hydrogen-bond donors (Lipinski definition) is 1. The van der Waals surface area contributed by atoms with E-state index in [1.807, 2.05) is 31.4 Å². The van der Waals surface area contributed by atoms with E-state index in [1.54, 1.807) is 46.4 Å². The van der Waals surface area contributed by atoms with Gasteiger partial charge in [0.1, 0.15) is 0 Å². The van der Waals surface area contributed by atoms with E-state index in [9.17, 15) is 13.6 Å². The zero-order valence-electron chi connectivity index (χ0n) is 17.1. The van der Waals surface area contributed by atoms with Crippen LogP contribution in [-0.2, 0) is 18.4 Å². The molecule has 0 bridgehead atoms. The van der Waals surface area contributed by atoms with Gasteiger partial charge in [-0.2, -0.15) is 5.10 Å². The van der Waals surface area contributed by atoms with Crippen LogP contribution in [0.3, 0.4) is 0 Å². The average molecular weight is 423 g/mol. The Kier molecular flexibility index (Phi) is 5.90. The number of nitrogens with one attached hydrogen (secondary N) is 1. The summed E-state index contributed by atoms with van der Waals surface area (Å²) >= 11 is 0. The highest BCUT2D eigenvalue weighted by atomic mass is 19.3. The molecular formula is C23H23F2N5O. The lowest BCUT2D eigenvalue weighted by atomic mass is 10.0. The number of amides is 1. The summed E-state index contributed by atoms with van der Waals surface area (Å²) in [5, 5.41) is 7.00. The molecule has 0 unspecified atom stereocenters. The lowest BCUT2D eigenvalue weighted by Gasteiger charge is -2.15. The number of alkyl halides is 2. The number of anilines is 1. The summed E-state index contributed by atoms with van der Waals surface area (Å²) in [5.41, 5.74) is 4.26. The molecule has 0 atom stereocenters. The van der Waals surface area contributed by atoms with E-state index in [2.05, 4.69) is 15.4 Å². The van der Waals surface area contributed by atoms with Crippen LogP contribution in [0.25, 0.3) is 17.2 Å². The first-order valence-electron chi connectivity index (χ1n) is 9.99. The fourth-order valence-corrected chi connectivity index (χ4v) is 3.61. The third-order valence-corrected chi connectivity index (χ3v) is 5.16. The van der Waals surface area contributed by atoms with Gasteiger partial charge in [0.25, 0.3) is 5.92 Å². The first-order valence-corrected chi connectivity index (χ1v) is 9.99. The van der Waals surface area contributed by atoms with Crippen LogP contribution < -0.4 is 5.32 Å². The number of likely N-dealkylation sites (tertiary alicyclic amines) is 1. The van der Waals surface area contributed by atoms with Crippen LogP contribution in [0, 0.1) is 0 Å². The minimum atomic E-state index is -2.59. The number of halogens is 2. The molecule has 1 aromatic carbocycles. The maximum atomic E-state index is 13.3. The summed E-state index contributed by atoms with van der Waals surface area (Å²) in [6, 6.07) is 9.12. The summed E-state index contributed by atoms with van der Waals surface area (Å²) in [4.78, 5) is 18.2. The first-order chi connectivity index (χ1) is 14.9. The average Bonchev–Trinajstić information content (AvgIpc) is 3.33. The van der Waals surface area contributed by atoms with Gasteiger partial charge in [-0.25, -0.2) is 8.78 Å². The Morgan fingerprint density at radius 1 is 1.23 bits per heavy atom. The number of benzene rings is 1. The van der Waals surface area contributed by atoms with Crippen LogP contribution in [0.4, 0.5) is 14.5 Å². The summed E-state index contributed by atoms with van der Waals surface area (Å²) in [5.74, 6) is -2.86. The minimum Gasteiger partial charge on any atom is -0.323 e. The quantitative estimate of drug-likeness (QED) is 0.610. The predicted molar refractivity (Wildman–Crippen MR) is 115 cm³/mol. The molecule has 0 aliphatic carbocycles. The van der Waals surface area contributed by atoms with Crippen molar-refractivity contribution >= 4 is 17.7 Å². The van der Waals surface area contributed by atoms with E-state index in [-0.39, 0.29) is 18.9 Å². The van der Waals surface area contributed by atoms with Crippen molar-refractivity contribution in [3.63, 3.8) is 0 Å². The Hall–Kier alpha value is -3.39. The van der Waals surface area contributed by atoms with Crippen molar-refractivity contribution in [2.75, 3.05) is 18.4 Å². The smallest absolute Gasteiger partial charge is 0.261 e. The van der Waals surface area contributed by atoms with E-state index < -0.39 is 5.92 Å². The van der Waals surface area contributed by atoms with Crippen LogP contribution in [0.1, 0.15) is 17.5 Å². The normalized spacial score (nSPS) is 16.1. The van der Waals surface area contributed by atoms with Gasteiger partial charge in [0, 0.05) is 68.0 Å². The van der Waals surface area contributed by atoms with Crippen LogP contribution in [0.15, 0.2) is 61.2 Å². The highest BCUT2D eigenvalue weighted by Gasteiger charge is 2.37. The zero-order valence-corrected chi connectivity index (χ0v) is 17.1. The molecule has 0 saturated carbocycles. The topological polar surface area (TPSA) is 63.1 Å². The molecule has 8 heteroatoms. The van der Waals surface area contributed by atoms with Gasteiger partial charge in [0.2, 0.25) is 5.91 Å². The maximum absolute atomic E-state index is 13.3.